The summed E-state index contributed by atoms with van der Waals surface area (Å²) in [5, 5.41) is 0. The van der Waals surface area contributed by atoms with Crippen LogP contribution in [0.15, 0.2) is 0 Å². The van der Waals surface area contributed by atoms with Gasteiger partial charge < -0.3 is 36.0 Å². The summed E-state index contributed by atoms with van der Waals surface area (Å²) in [7, 11) is 0. The van der Waals surface area contributed by atoms with E-state index in [0.29, 0.717) is 52.1 Å². The number of urea groups is 2. The molecule has 11 nitrogen and oxygen atoms in total. The number of unbranched alkanes of at least 4 members (excludes halogenated alkanes) is 2. The molecule has 0 aromatic rings. The van der Waals surface area contributed by atoms with Crippen molar-refractivity contribution in [3.05, 3.63) is 0 Å². The number of likely N-dealkylation sites (tertiary alicyclic amines) is 2. The fourth-order valence-electron chi connectivity index (χ4n) is 6.07. The molecular formula is C29H53N7O4. The van der Waals surface area contributed by atoms with Crippen molar-refractivity contribution in [2.75, 3.05) is 52.4 Å². The van der Waals surface area contributed by atoms with Crippen LogP contribution in [0, 0.1) is 0 Å². The highest BCUT2D eigenvalue weighted by Gasteiger charge is 2.36. The molecule has 4 heterocycles. The van der Waals surface area contributed by atoms with Gasteiger partial charge in [-0.3, -0.25) is 9.59 Å². The molecule has 4 N–H and O–H groups in total. The summed E-state index contributed by atoms with van der Waals surface area (Å²) < 4.78 is 0. The van der Waals surface area contributed by atoms with E-state index >= 15 is 0 Å². The number of amides is 6. The van der Waals surface area contributed by atoms with E-state index in [1.807, 2.05) is 0 Å². The predicted octanol–water partition coefficient (Wildman–Crippen LogP) is 2.57. The van der Waals surface area contributed by atoms with E-state index < -0.39 is 23.9 Å². The number of nitrogens with zero attached hydrogens (tertiary/aromatic N) is 5. The number of hydrogen-bond donors (Lipinski definition) is 2. The Kier molecular flexibility index (Phi) is 12.8. The number of nitrogens with two attached hydrogens (primary N) is 2. The van der Waals surface area contributed by atoms with Crippen LogP contribution in [0.4, 0.5) is 9.59 Å². The maximum Gasteiger partial charge on any atom is 0.320 e. The molecule has 4 fully saturated rings. The van der Waals surface area contributed by atoms with Gasteiger partial charge in [-0.15, -0.1) is 0 Å². The molecule has 11 heteroatoms. The third kappa shape index (κ3) is 8.47. The van der Waals surface area contributed by atoms with Gasteiger partial charge in [0.1, 0.15) is 12.1 Å². The molecule has 0 aromatic carbocycles. The smallest absolute Gasteiger partial charge is 0.320 e. The van der Waals surface area contributed by atoms with Gasteiger partial charge in [-0.05, 0) is 77.3 Å². The average Bonchev–Trinajstić information content (AvgIpc) is 2.96. The summed E-state index contributed by atoms with van der Waals surface area (Å²) in [6.45, 7) is 9.79. The lowest BCUT2D eigenvalue weighted by Crippen LogP contribution is -2.57. The Morgan fingerprint density at radius 2 is 1.02 bits per heavy atom. The monoisotopic (exact) mass is 563 g/mol. The number of fused-ring (bicyclic) bond motifs is 1. The molecule has 4 saturated heterocycles. The van der Waals surface area contributed by atoms with E-state index in [1.54, 1.807) is 19.6 Å². The van der Waals surface area contributed by atoms with Crippen LogP contribution in [0.5, 0.6) is 0 Å². The van der Waals surface area contributed by atoms with Crippen molar-refractivity contribution in [2.24, 2.45) is 11.5 Å². The Hall–Kier alpha value is -2.56. The molecular weight excluding hydrogens is 510 g/mol. The fraction of sp³-hybridized carbons (Fsp3) is 0.862. The minimum Gasteiger partial charge on any atom is -0.368 e. The Morgan fingerprint density at radius 1 is 0.625 bits per heavy atom. The second kappa shape index (κ2) is 16.0. The van der Waals surface area contributed by atoms with Crippen molar-refractivity contribution in [2.45, 2.75) is 109 Å². The number of primary amides is 2. The molecule has 0 aliphatic carbocycles. The molecule has 2 atom stereocenters. The summed E-state index contributed by atoms with van der Waals surface area (Å²) >= 11 is 0. The first-order valence-corrected chi connectivity index (χ1v) is 15.7. The van der Waals surface area contributed by atoms with Crippen molar-refractivity contribution in [1.29, 1.82) is 0 Å². The SMILES string of the molecule is C1CN2CCC12.CCCCN(CCN(CCCC)C(=O)N1CCCCC1C(N)=O)C(=O)N1CCCCC1C(N)=O. The molecule has 2 unspecified atom stereocenters. The Morgan fingerprint density at radius 3 is 1.30 bits per heavy atom. The molecule has 40 heavy (non-hydrogen) atoms. The molecule has 0 aromatic heterocycles. The lowest BCUT2D eigenvalue weighted by atomic mass is 9.91. The molecule has 0 bridgehead atoms. The van der Waals surface area contributed by atoms with Crippen molar-refractivity contribution < 1.29 is 19.2 Å². The van der Waals surface area contributed by atoms with Crippen LogP contribution in [-0.2, 0) is 9.59 Å². The maximum atomic E-state index is 13.4. The van der Waals surface area contributed by atoms with Crippen LogP contribution in [-0.4, -0.2) is 119 Å². The summed E-state index contributed by atoms with van der Waals surface area (Å²) in [4.78, 5) is 60.0. The Labute approximate surface area is 240 Å². The standard InChI is InChI=1S/C24H44N6O4.C5H9N/c1-3-5-13-27(23(33)29-15-9-7-11-19(29)21(25)31)17-18-28(14-6-4-2)24(34)30-16-10-8-12-20(30)22(26)32;1-3-6-4-2-5(1)6/h19-20H,3-18H2,1-2H3,(H2,25,31)(H2,26,32);5H,1-4H2. The first-order valence-electron chi connectivity index (χ1n) is 15.7. The summed E-state index contributed by atoms with van der Waals surface area (Å²) in [6.07, 6.45) is 11.1. The minimum atomic E-state index is -0.576. The molecule has 0 radical (unpaired) electrons. The second-order valence-electron chi connectivity index (χ2n) is 11.7. The average molecular weight is 564 g/mol. The predicted molar refractivity (Wildman–Crippen MR) is 155 cm³/mol. The third-order valence-electron chi connectivity index (χ3n) is 8.91. The van der Waals surface area contributed by atoms with Crippen LogP contribution in [0.25, 0.3) is 0 Å². The molecule has 4 rings (SSSR count). The maximum absolute atomic E-state index is 13.4. The van der Waals surface area contributed by atoms with E-state index in [1.165, 1.54) is 25.9 Å². The largest absolute Gasteiger partial charge is 0.368 e. The van der Waals surface area contributed by atoms with Gasteiger partial charge in [-0.1, -0.05) is 26.7 Å². The van der Waals surface area contributed by atoms with E-state index in [9.17, 15) is 19.2 Å². The zero-order valence-corrected chi connectivity index (χ0v) is 24.9. The van der Waals surface area contributed by atoms with Gasteiger partial charge in [0, 0.05) is 45.3 Å². The van der Waals surface area contributed by atoms with E-state index in [4.69, 9.17) is 11.5 Å². The second-order valence-corrected chi connectivity index (χ2v) is 11.7. The van der Waals surface area contributed by atoms with Crippen LogP contribution >= 0.6 is 0 Å². The van der Waals surface area contributed by atoms with E-state index in [-0.39, 0.29) is 12.1 Å². The third-order valence-corrected chi connectivity index (χ3v) is 8.91. The van der Waals surface area contributed by atoms with Gasteiger partial charge in [-0.2, -0.15) is 0 Å². The number of hydrogen-bond acceptors (Lipinski definition) is 5. The van der Waals surface area contributed by atoms with Crippen LogP contribution in [0.2, 0.25) is 0 Å². The zero-order valence-electron chi connectivity index (χ0n) is 24.9. The van der Waals surface area contributed by atoms with Gasteiger partial charge in [0.25, 0.3) is 0 Å². The van der Waals surface area contributed by atoms with Gasteiger partial charge in [0.2, 0.25) is 11.8 Å². The van der Waals surface area contributed by atoms with Crippen molar-refractivity contribution in [1.82, 2.24) is 24.5 Å². The van der Waals surface area contributed by atoms with E-state index in [2.05, 4.69) is 18.7 Å². The van der Waals surface area contributed by atoms with Gasteiger partial charge in [0.05, 0.1) is 0 Å². The lowest BCUT2D eigenvalue weighted by Gasteiger charge is -2.50. The number of carbonyl (C=O) groups excluding carboxylic acids is 4. The first-order chi connectivity index (χ1) is 19.3. The lowest BCUT2D eigenvalue weighted by molar-refractivity contribution is -0.124. The molecule has 4 aliphatic rings. The van der Waals surface area contributed by atoms with Gasteiger partial charge >= 0.3 is 12.1 Å². The van der Waals surface area contributed by atoms with Crippen molar-refractivity contribution in [3.63, 3.8) is 0 Å². The number of piperidine rings is 3. The topological polar surface area (TPSA) is 137 Å². The van der Waals surface area contributed by atoms with Crippen molar-refractivity contribution in [3.8, 4) is 0 Å². The highest BCUT2D eigenvalue weighted by atomic mass is 16.2. The van der Waals surface area contributed by atoms with Crippen LogP contribution in [0.3, 0.4) is 0 Å². The highest BCUT2D eigenvalue weighted by molar-refractivity contribution is 5.87. The Bertz CT molecular complexity index is 780. The molecule has 0 spiro atoms. The minimum absolute atomic E-state index is 0.187. The normalized spacial score (nSPS) is 22.6. The summed E-state index contributed by atoms with van der Waals surface area (Å²) in [6, 6.07) is -0.480. The van der Waals surface area contributed by atoms with Crippen LogP contribution in [0.1, 0.15) is 90.9 Å². The zero-order chi connectivity index (χ0) is 29.1. The number of rotatable bonds is 11. The number of carbonyl (C=O) groups is 4. The molecule has 0 saturated carbocycles. The van der Waals surface area contributed by atoms with Gasteiger partial charge in [0.15, 0.2) is 0 Å². The summed E-state index contributed by atoms with van der Waals surface area (Å²) in [5.41, 5.74) is 11.2. The first kappa shape index (κ1) is 32.0. The van der Waals surface area contributed by atoms with Gasteiger partial charge in [-0.25, -0.2) is 9.59 Å². The molecule has 4 aliphatic heterocycles. The molecule has 228 valence electrons. The quantitative estimate of drug-likeness (QED) is 0.398. The fourth-order valence-corrected chi connectivity index (χ4v) is 6.07. The molecule has 6 amide bonds. The Balaban J connectivity index is 0.000000634. The van der Waals surface area contributed by atoms with Crippen LogP contribution < -0.4 is 11.5 Å². The highest BCUT2D eigenvalue weighted by Crippen LogP contribution is 2.29. The van der Waals surface area contributed by atoms with E-state index in [0.717, 1.165) is 57.4 Å². The van der Waals surface area contributed by atoms with Crippen molar-refractivity contribution >= 4 is 23.9 Å². The summed E-state index contributed by atoms with van der Waals surface area (Å²) in [5.74, 6) is -0.934.